The van der Waals surface area contributed by atoms with Crippen LogP contribution in [0.1, 0.15) is 43.9 Å². The zero-order valence-electron chi connectivity index (χ0n) is 13.7. The van der Waals surface area contributed by atoms with Crippen molar-refractivity contribution in [2.75, 3.05) is 12.5 Å². The smallest absolute Gasteiger partial charge is 0.238 e. The number of amides is 1. The molecule has 1 fully saturated rings. The van der Waals surface area contributed by atoms with Crippen molar-refractivity contribution in [1.82, 2.24) is 14.7 Å². The molecule has 0 aromatic carbocycles. The molecule has 124 valence electrons. The van der Waals surface area contributed by atoms with Gasteiger partial charge in [0.05, 0.1) is 30.6 Å². The highest BCUT2D eigenvalue weighted by Crippen LogP contribution is 2.27. The number of nitrogens with zero attached hydrogens (tertiary/aromatic N) is 3. The minimum atomic E-state index is -0.0288. The summed E-state index contributed by atoms with van der Waals surface area (Å²) in [5.74, 6) is -0.0226. The number of ether oxygens (including phenoxy) is 1. The fourth-order valence-corrected chi connectivity index (χ4v) is 3.42. The Kier molecular flexibility index (Phi) is 6.26. The number of hydrogen-bond donors (Lipinski definition) is 0. The SMILES string of the molecule is CCO[C@@H]1CCCC[C@H]1N(Cc1c(C)cnn1C)C(=O)CCl. The van der Waals surface area contributed by atoms with E-state index >= 15 is 0 Å². The molecule has 1 aliphatic rings. The van der Waals surface area contributed by atoms with Gasteiger partial charge in [-0.3, -0.25) is 9.48 Å². The summed E-state index contributed by atoms with van der Waals surface area (Å²) in [6.45, 7) is 5.24. The maximum absolute atomic E-state index is 12.4. The number of carbonyl (C=O) groups excluding carboxylic acids is 1. The summed E-state index contributed by atoms with van der Waals surface area (Å²) < 4.78 is 7.73. The summed E-state index contributed by atoms with van der Waals surface area (Å²) >= 11 is 5.86. The second-order valence-corrected chi connectivity index (χ2v) is 6.17. The number of aryl methyl sites for hydroxylation is 2. The van der Waals surface area contributed by atoms with Crippen LogP contribution in [0.5, 0.6) is 0 Å². The third-order valence-corrected chi connectivity index (χ3v) is 4.70. The van der Waals surface area contributed by atoms with Crippen molar-refractivity contribution in [2.45, 2.75) is 58.2 Å². The predicted molar refractivity (Wildman–Crippen MR) is 86.9 cm³/mol. The van der Waals surface area contributed by atoms with Gasteiger partial charge in [-0.05, 0) is 32.3 Å². The van der Waals surface area contributed by atoms with Crippen LogP contribution in [0, 0.1) is 6.92 Å². The predicted octanol–water partition coefficient (Wildman–Crippen LogP) is 2.64. The molecular weight excluding hydrogens is 302 g/mol. The van der Waals surface area contributed by atoms with Gasteiger partial charge in [0, 0.05) is 13.7 Å². The Balaban J connectivity index is 2.23. The third kappa shape index (κ3) is 3.82. The Morgan fingerprint density at radius 2 is 2.23 bits per heavy atom. The molecule has 0 radical (unpaired) electrons. The van der Waals surface area contributed by atoms with E-state index < -0.39 is 0 Å². The molecule has 0 spiro atoms. The Morgan fingerprint density at radius 1 is 1.50 bits per heavy atom. The lowest BCUT2D eigenvalue weighted by Gasteiger charge is -2.39. The van der Waals surface area contributed by atoms with Crippen LogP contribution in [0.2, 0.25) is 0 Å². The lowest BCUT2D eigenvalue weighted by atomic mass is 9.90. The molecule has 2 rings (SSSR count). The molecule has 2 atom stereocenters. The standard InChI is InChI=1S/C16H26ClN3O2/c1-4-22-15-8-6-5-7-13(15)20(16(21)9-17)11-14-12(2)10-18-19(14)3/h10,13,15H,4-9,11H2,1-3H3/t13-,15-/m1/s1. The molecule has 1 aromatic rings. The van der Waals surface area contributed by atoms with E-state index in [1.807, 2.05) is 36.7 Å². The molecule has 5 nitrogen and oxygen atoms in total. The van der Waals surface area contributed by atoms with Crippen molar-refractivity contribution >= 4 is 17.5 Å². The topological polar surface area (TPSA) is 47.4 Å². The van der Waals surface area contributed by atoms with Crippen LogP contribution in [0.15, 0.2) is 6.20 Å². The van der Waals surface area contributed by atoms with Gasteiger partial charge in [-0.2, -0.15) is 5.10 Å². The van der Waals surface area contributed by atoms with E-state index in [-0.39, 0.29) is 23.9 Å². The summed E-state index contributed by atoms with van der Waals surface area (Å²) in [5, 5.41) is 4.27. The zero-order valence-corrected chi connectivity index (χ0v) is 14.5. The Morgan fingerprint density at radius 3 is 2.82 bits per heavy atom. The molecule has 0 saturated heterocycles. The number of carbonyl (C=O) groups is 1. The van der Waals surface area contributed by atoms with E-state index in [0.29, 0.717) is 13.2 Å². The fourth-order valence-electron chi connectivity index (χ4n) is 3.27. The Labute approximate surface area is 137 Å². The van der Waals surface area contributed by atoms with Crippen molar-refractivity contribution in [3.05, 3.63) is 17.5 Å². The summed E-state index contributed by atoms with van der Waals surface area (Å²) in [6.07, 6.45) is 6.22. The van der Waals surface area contributed by atoms with Gasteiger partial charge in [0.2, 0.25) is 5.91 Å². The summed E-state index contributed by atoms with van der Waals surface area (Å²) in [6, 6.07) is 0.106. The van der Waals surface area contributed by atoms with Crippen molar-refractivity contribution in [1.29, 1.82) is 0 Å². The van der Waals surface area contributed by atoms with Crippen LogP contribution in [0.25, 0.3) is 0 Å². The van der Waals surface area contributed by atoms with Crippen LogP contribution < -0.4 is 0 Å². The normalized spacial score (nSPS) is 21.8. The van der Waals surface area contributed by atoms with E-state index in [9.17, 15) is 4.79 Å². The molecule has 22 heavy (non-hydrogen) atoms. The van der Waals surface area contributed by atoms with E-state index in [1.165, 1.54) is 0 Å². The number of halogens is 1. The van der Waals surface area contributed by atoms with Crippen LogP contribution in [-0.4, -0.2) is 45.2 Å². The van der Waals surface area contributed by atoms with Gasteiger partial charge in [0.1, 0.15) is 5.88 Å². The Bertz CT molecular complexity index is 482. The van der Waals surface area contributed by atoms with Crippen molar-refractivity contribution < 1.29 is 9.53 Å². The number of aromatic nitrogens is 2. The second kappa shape index (κ2) is 7.97. The van der Waals surface area contributed by atoms with Gasteiger partial charge in [0.25, 0.3) is 0 Å². The highest BCUT2D eigenvalue weighted by atomic mass is 35.5. The van der Waals surface area contributed by atoms with E-state index in [2.05, 4.69) is 5.10 Å². The van der Waals surface area contributed by atoms with Gasteiger partial charge in [-0.1, -0.05) is 12.8 Å². The van der Waals surface area contributed by atoms with Gasteiger partial charge in [-0.25, -0.2) is 0 Å². The highest BCUT2D eigenvalue weighted by Gasteiger charge is 2.33. The maximum atomic E-state index is 12.4. The molecule has 1 saturated carbocycles. The number of alkyl halides is 1. The van der Waals surface area contributed by atoms with E-state index in [1.54, 1.807) is 0 Å². The van der Waals surface area contributed by atoms with Crippen molar-refractivity contribution in [3.63, 3.8) is 0 Å². The molecule has 6 heteroatoms. The lowest BCUT2D eigenvalue weighted by Crippen LogP contribution is -2.49. The van der Waals surface area contributed by atoms with Gasteiger partial charge >= 0.3 is 0 Å². The molecular formula is C16H26ClN3O2. The first kappa shape index (κ1) is 17.3. The average Bonchev–Trinajstić information content (AvgIpc) is 2.84. The van der Waals surface area contributed by atoms with E-state index in [0.717, 1.165) is 36.9 Å². The molecule has 1 aromatic heterocycles. The first-order valence-corrected chi connectivity index (χ1v) is 8.56. The first-order valence-electron chi connectivity index (χ1n) is 8.03. The number of rotatable bonds is 6. The quantitative estimate of drug-likeness (QED) is 0.755. The fraction of sp³-hybridized carbons (Fsp3) is 0.750. The largest absolute Gasteiger partial charge is 0.376 e. The minimum absolute atomic E-state index is 0.00619. The first-order chi connectivity index (χ1) is 10.6. The van der Waals surface area contributed by atoms with Gasteiger partial charge < -0.3 is 9.64 Å². The Hall–Kier alpha value is -1.07. The molecule has 0 bridgehead atoms. The van der Waals surface area contributed by atoms with Crippen molar-refractivity contribution in [3.8, 4) is 0 Å². The van der Waals surface area contributed by atoms with Crippen LogP contribution in [-0.2, 0) is 23.1 Å². The van der Waals surface area contributed by atoms with Crippen molar-refractivity contribution in [2.24, 2.45) is 7.05 Å². The summed E-state index contributed by atoms with van der Waals surface area (Å²) in [5.41, 5.74) is 2.15. The lowest BCUT2D eigenvalue weighted by molar-refractivity contribution is -0.137. The molecule has 0 aliphatic heterocycles. The zero-order chi connectivity index (χ0) is 16.1. The monoisotopic (exact) mass is 327 g/mol. The van der Waals surface area contributed by atoms with Crippen LogP contribution >= 0.6 is 11.6 Å². The van der Waals surface area contributed by atoms with Gasteiger partial charge in [-0.15, -0.1) is 11.6 Å². The second-order valence-electron chi connectivity index (χ2n) is 5.90. The molecule has 1 amide bonds. The third-order valence-electron chi connectivity index (χ3n) is 4.47. The molecule has 0 N–H and O–H groups in total. The summed E-state index contributed by atoms with van der Waals surface area (Å²) in [7, 11) is 1.91. The molecule has 0 unspecified atom stereocenters. The number of hydrogen-bond acceptors (Lipinski definition) is 3. The summed E-state index contributed by atoms with van der Waals surface area (Å²) in [4.78, 5) is 14.3. The average molecular weight is 328 g/mol. The van der Waals surface area contributed by atoms with Gasteiger partial charge in [0.15, 0.2) is 0 Å². The van der Waals surface area contributed by atoms with E-state index in [4.69, 9.17) is 16.3 Å². The van der Waals surface area contributed by atoms with Crippen LogP contribution in [0.4, 0.5) is 0 Å². The molecule has 1 heterocycles. The molecule has 1 aliphatic carbocycles. The maximum Gasteiger partial charge on any atom is 0.238 e. The van der Waals surface area contributed by atoms with Crippen LogP contribution in [0.3, 0.4) is 0 Å². The highest BCUT2D eigenvalue weighted by molar-refractivity contribution is 6.27. The minimum Gasteiger partial charge on any atom is -0.376 e.